The second-order valence-corrected chi connectivity index (χ2v) is 14.5. The molecule has 1 saturated carbocycles. The van der Waals surface area contributed by atoms with Gasteiger partial charge in [0.25, 0.3) is 10.0 Å². The highest BCUT2D eigenvalue weighted by molar-refractivity contribution is 7.92. The molecule has 8 nitrogen and oxygen atoms in total. The Morgan fingerprint density at radius 3 is 2.25 bits per heavy atom. The lowest BCUT2D eigenvalue weighted by Crippen LogP contribution is -2.55. The van der Waals surface area contributed by atoms with Crippen LogP contribution in [0.5, 0.6) is 5.75 Å². The van der Waals surface area contributed by atoms with Crippen LogP contribution in [-0.4, -0.2) is 50.9 Å². The Morgan fingerprint density at radius 1 is 0.896 bits per heavy atom. The number of sulfonamides is 1. The highest BCUT2D eigenvalue weighted by Crippen LogP contribution is 2.28. The number of anilines is 1. The van der Waals surface area contributed by atoms with Crippen LogP contribution in [0.3, 0.4) is 0 Å². The first-order chi connectivity index (χ1) is 23.2. The number of rotatable bonds is 13. The largest absolute Gasteiger partial charge is 0.497 e. The fourth-order valence-corrected chi connectivity index (χ4v) is 7.69. The molecule has 0 spiro atoms. The molecule has 1 aliphatic carbocycles. The minimum absolute atomic E-state index is 0.0163. The summed E-state index contributed by atoms with van der Waals surface area (Å²) in [6, 6.07) is 28.8. The molecule has 1 atom stereocenters. The summed E-state index contributed by atoms with van der Waals surface area (Å²) in [5.41, 5.74) is 2.94. The molecule has 0 aromatic heterocycles. The molecule has 48 heavy (non-hydrogen) atoms. The third-order valence-electron chi connectivity index (χ3n) is 8.85. The summed E-state index contributed by atoms with van der Waals surface area (Å²) in [5, 5.41) is 3.56. The monoisotopic (exact) mass is 687 g/mol. The van der Waals surface area contributed by atoms with Gasteiger partial charge < -0.3 is 15.0 Å². The van der Waals surface area contributed by atoms with Crippen LogP contribution in [0.4, 0.5) is 5.69 Å². The standard InChI is InChI=1S/C38H42ClN3O5S/c1-28-12-9-10-15-30(28)26-41(36(24-29-13-5-3-6-14-29)38(44)40-32-17-7-4-8-18-32)37(43)27-42(33-19-11-16-31(39)25-33)48(45,46)35-22-20-34(47-2)21-23-35/h3,5-6,9-16,19-23,25,32,36H,4,7-8,17-18,24,26-27H2,1-2H3,(H,40,44)/t36-/m1/s1. The number of ether oxygens (including phenoxy) is 1. The molecule has 1 aliphatic rings. The summed E-state index contributed by atoms with van der Waals surface area (Å²) in [6.45, 7) is 1.52. The van der Waals surface area contributed by atoms with E-state index in [0.29, 0.717) is 10.8 Å². The Morgan fingerprint density at radius 2 is 1.58 bits per heavy atom. The first-order valence-electron chi connectivity index (χ1n) is 16.3. The molecule has 10 heteroatoms. The van der Waals surface area contributed by atoms with Crippen molar-refractivity contribution in [3.05, 3.63) is 125 Å². The van der Waals surface area contributed by atoms with E-state index in [9.17, 15) is 18.0 Å². The van der Waals surface area contributed by atoms with Crippen LogP contribution < -0.4 is 14.4 Å². The predicted octanol–water partition coefficient (Wildman–Crippen LogP) is 6.94. The Labute approximate surface area is 288 Å². The number of hydrogen-bond acceptors (Lipinski definition) is 5. The molecule has 0 aliphatic heterocycles. The normalized spacial score (nSPS) is 14.1. The number of nitrogens with zero attached hydrogens (tertiary/aromatic N) is 2. The number of nitrogens with one attached hydrogen (secondary N) is 1. The number of amides is 2. The lowest BCUT2D eigenvalue weighted by Gasteiger charge is -2.35. The molecule has 4 aromatic carbocycles. The molecule has 4 aromatic rings. The summed E-state index contributed by atoms with van der Waals surface area (Å²) in [6.07, 6.45) is 5.26. The first-order valence-corrected chi connectivity index (χ1v) is 18.1. The van der Waals surface area contributed by atoms with Gasteiger partial charge in [0.1, 0.15) is 18.3 Å². The summed E-state index contributed by atoms with van der Waals surface area (Å²) < 4.78 is 34.8. The van der Waals surface area contributed by atoms with E-state index in [2.05, 4.69) is 5.32 Å². The quantitative estimate of drug-likeness (QED) is 0.164. The molecule has 0 heterocycles. The van der Waals surface area contributed by atoms with Gasteiger partial charge in [0.05, 0.1) is 17.7 Å². The number of aryl methyl sites for hydroxylation is 1. The Bertz CT molecular complexity index is 1790. The van der Waals surface area contributed by atoms with Gasteiger partial charge in [-0.05, 0) is 78.9 Å². The Balaban J connectivity index is 1.57. The van der Waals surface area contributed by atoms with E-state index in [1.807, 2.05) is 61.5 Å². The molecule has 2 amide bonds. The molecule has 252 valence electrons. The number of methoxy groups -OCH3 is 1. The third kappa shape index (κ3) is 8.76. The number of carbonyl (C=O) groups is 2. The zero-order valence-electron chi connectivity index (χ0n) is 27.3. The first kappa shape index (κ1) is 35.0. The lowest BCUT2D eigenvalue weighted by molar-refractivity contribution is -0.140. The zero-order chi connectivity index (χ0) is 34.1. The van der Waals surface area contributed by atoms with Gasteiger partial charge in [-0.2, -0.15) is 0 Å². The van der Waals surface area contributed by atoms with Crippen molar-refractivity contribution in [2.45, 2.75) is 69.0 Å². The molecular weight excluding hydrogens is 646 g/mol. The number of hydrogen-bond donors (Lipinski definition) is 1. The van der Waals surface area contributed by atoms with Gasteiger partial charge in [0, 0.05) is 24.0 Å². The molecule has 1 N–H and O–H groups in total. The van der Waals surface area contributed by atoms with Crippen molar-refractivity contribution in [1.82, 2.24) is 10.2 Å². The van der Waals surface area contributed by atoms with Crippen molar-refractivity contribution < 1.29 is 22.7 Å². The van der Waals surface area contributed by atoms with Gasteiger partial charge in [-0.1, -0.05) is 91.5 Å². The van der Waals surface area contributed by atoms with Crippen molar-refractivity contribution in [3.63, 3.8) is 0 Å². The van der Waals surface area contributed by atoms with E-state index < -0.39 is 28.5 Å². The molecular formula is C38H42ClN3O5S. The van der Waals surface area contributed by atoms with Crippen LogP contribution >= 0.6 is 11.6 Å². The van der Waals surface area contributed by atoms with Crippen LogP contribution in [0.25, 0.3) is 0 Å². The minimum Gasteiger partial charge on any atom is -0.497 e. The number of benzene rings is 4. The van der Waals surface area contributed by atoms with Gasteiger partial charge in [-0.25, -0.2) is 8.42 Å². The lowest BCUT2D eigenvalue weighted by atomic mass is 9.94. The third-order valence-corrected chi connectivity index (χ3v) is 10.9. The Hall–Kier alpha value is -4.34. The van der Waals surface area contributed by atoms with Crippen molar-refractivity contribution in [3.8, 4) is 5.75 Å². The van der Waals surface area contributed by atoms with E-state index in [-0.39, 0.29) is 35.5 Å². The predicted molar refractivity (Wildman–Crippen MR) is 190 cm³/mol. The second-order valence-electron chi connectivity index (χ2n) is 12.2. The van der Waals surface area contributed by atoms with E-state index in [0.717, 1.165) is 53.1 Å². The van der Waals surface area contributed by atoms with Crippen LogP contribution in [0, 0.1) is 6.92 Å². The van der Waals surface area contributed by atoms with Crippen LogP contribution in [0.15, 0.2) is 108 Å². The maximum Gasteiger partial charge on any atom is 0.264 e. The summed E-state index contributed by atoms with van der Waals surface area (Å²) in [5.74, 6) is -0.272. The minimum atomic E-state index is -4.26. The molecule has 0 unspecified atom stereocenters. The van der Waals surface area contributed by atoms with E-state index >= 15 is 0 Å². The van der Waals surface area contributed by atoms with E-state index in [4.69, 9.17) is 16.3 Å². The Kier molecular flexibility index (Phi) is 11.8. The maximum absolute atomic E-state index is 14.7. The summed E-state index contributed by atoms with van der Waals surface area (Å²) in [4.78, 5) is 30.5. The van der Waals surface area contributed by atoms with Crippen LogP contribution in [0.1, 0.15) is 48.8 Å². The zero-order valence-corrected chi connectivity index (χ0v) is 28.9. The average Bonchev–Trinajstić information content (AvgIpc) is 3.10. The van der Waals surface area contributed by atoms with Crippen molar-refractivity contribution in [1.29, 1.82) is 0 Å². The highest BCUT2D eigenvalue weighted by atomic mass is 35.5. The van der Waals surface area contributed by atoms with Crippen molar-refractivity contribution >= 4 is 39.1 Å². The topological polar surface area (TPSA) is 96.0 Å². The fourth-order valence-electron chi connectivity index (χ4n) is 6.10. The summed E-state index contributed by atoms with van der Waals surface area (Å²) in [7, 11) is -2.76. The van der Waals surface area contributed by atoms with Gasteiger partial charge in [-0.3, -0.25) is 13.9 Å². The van der Waals surface area contributed by atoms with Crippen molar-refractivity contribution in [2.75, 3.05) is 18.0 Å². The van der Waals surface area contributed by atoms with Gasteiger partial charge in [0.15, 0.2) is 0 Å². The fraction of sp³-hybridized carbons (Fsp3) is 0.316. The smallest absolute Gasteiger partial charge is 0.264 e. The van der Waals surface area contributed by atoms with Crippen LogP contribution in [0.2, 0.25) is 5.02 Å². The highest BCUT2D eigenvalue weighted by Gasteiger charge is 2.35. The SMILES string of the molecule is COc1ccc(S(=O)(=O)N(CC(=O)N(Cc2ccccc2C)[C@H](Cc2ccccc2)C(=O)NC2CCCCC2)c2cccc(Cl)c2)cc1. The molecule has 0 radical (unpaired) electrons. The van der Waals surface area contributed by atoms with Crippen LogP contribution in [-0.2, 0) is 32.6 Å². The number of carbonyl (C=O) groups excluding carboxylic acids is 2. The second kappa shape index (κ2) is 16.2. The summed E-state index contributed by atoms with van der Waals surface area (Å²) >= 11 is 6.34. The van der Waals surface area contributed by atoms with E-state index in [1.54, 1.807) is 30.3 Å². The molecule has 1 fully saturated rings. The maximum atomic E-state index is 14.7. The average molecular weight is 688 g/mol. The number of halogens is 1. The van der Waals surface area contributed by atoms with Gasteiger partial charge in [-0.15, -0.1) is 0 Å². The van der Waals surface area contributed by atoms with Crippen molar-refractivity contribution in [2.24, 2.45) is 0 Å². The van der Waals surface area contributed by atoms with Gasteiger partial charge >= 0.3 is 0 Å². The molecule has 0 saturated heterocycles. The van der Waals surface area contributed by atoms with Gasteiger partial charge in [0.2, 0.25) is 11.8 Å². The van der Waals surface area contributed by atoms with E-state index in [1.165, 1.54) is 30.2 Å². The molecule has 0 bridgehead atoms. The molecule has 5 rings (SSSR count).